The van der Waals surface area contributed by atoms with Crippen molar-refractivity contribution in [3.8, 4) is 0 Å². The Kier molecular flexibility index (Phi) is 4.87. The van der Waals surface area contributed by atoms with Crippen molar-refractivity contribution in [2.24, 2.45) is 7.05 Å². The maximum absolute atomic E-state index is 11.7. The summed E-state index contributed by atoms with van der Waals surface area (Å²) in [6.45, 7) is 0. The lowest BCUT2D eigenvalue weighted by Gasteiger charge is -2.03. The molecule has 0 radical (unpaired) electrons. The van der Waals surface area contributed by atoms with Crippen LogP contribution in [0.2, 0.25) is 5.02 Å². The van der Waals surface area contributed by atoms with Gasteiger partial charge in [-0.1, -0.05) is 23.7 Å². The normalized spacial score (nSPS) is 10.4. The molecule has 1 amide bonds. The van der Waals surface area contributed by atoms with Crippen LogP contribution in [0, 0.1) is 0 Å². The van der Waals surface area contributed by atoms with Gasteiger partial charge in [-0.05, 0) is 17.7 Å². The van der Waals surface area contributed by atoms with Crippen molar-refractivity contribution in [1.29, 1.82) is 0 Å². The topological polar surface area (TPSA) is 46.9 Å². The van der Waals surface area contributed by atoms with Gasteiger partial charge in [-0.15, -0.1) is 11.8 Å². The third-order valence-corrected chi connectivity index (χ3v) is 3.65. The lowest BCUT2D eigenvalue weighted by molar-refractivity contribution is -0.113. The number of nitrogens with zero attached hydrogens (tertiary/aromatic N) is 2. The molecule has 1 N–H and O–H groups in total. The number of carbonyl (C=O) groups is 1. The Labute approximate surface area is 121 Å². The van der Waals surface area contributed by atoms with Crippen LogP contribution in [-0.2, 0) is 17.6 Å². The molecule has 6 heteroatoms. The molecule has 100 valence electrons. The molecule has 0 spiro atoms. The zero-order chi connectivity index (χ0) is 13.7. The minimum atomic E-state index is -0.0438. The number of amides is 1. The van der Waals surface area contributed by atoms with Gasteiger partial charge in [-0.2, -0.15) is 5.10 Å². The molecule has 0 unspecified atom stereocenters. The number of carbonyl (C=O) groups excluding carboxylic acids is 1. The Bertz CT molecular complexity index is 553. The van der Waals surface area contributed by atoms with Gasteiger partial charge in [-0.3, -0.25) is 9.48 Å². The van der Waals surface area contributed by atoms with Gasteiger partial charge in [0.25, 0.3) is 0 Å². The standard InChI is InChI=1S/C13H14ClN3OS/c1-17-7-6-12(16-17)15-13(18)9-19-8-10-2-4-11(14)5-3-10/h2-7H,8-9H2,1H3,(H,15,16,18). The number of thioether (sulfide) groups is 1. The molecular formula is C13H14ClN3OS. The van der Waals surface area contributed by atoms with Gasteiger partial charge in [-0.25, -0.2) is 0 Å². The summed E-state index contributed by atoms with van der Waals surface area (Å²) in [7, 11) is 1.81. The highest BCUT2D eigenvalue weighted by atomic mass is 35.5. The summed E-state index contributed by atoms with van der Waals surface area (Å²) in [5, 5.41) is 7.56. The molecule has 19 heavy (non-hydrogen) atoms. The molecule has 0 aliphatic heterocycles. The van der Waals surface area contributed by atoms with Crippen LogP contribution in [0.4, 0.5) is 5.82 Å². The minimum absolute atomic E-state index is 0.0438. The van der Waals surface area contributed by atoms with Crippen molar-refractivity contribution in [3.63, 3.8) is 0 Å². The summed E-state index contributed by atoms with van der Waals surface area (Å²) in [4.78, 5) is 11.7. The van der Waals surface area contributed by atoms with Crippen molar-refractivity contribution >= 4 is 35.1 Å². The first kappa shape index (κ1) is 14.0. The predicted octanol–water partition coefficient (Wildman–Crippen LogP) is 2.95. The highest BCUT2D eigenvalue weighted by Crippen LogP contribution is 2.15. The van der Waals surface area contributed by atoms with E-state index < -0.39 is 0 Å². The molecule has 2 rings (SSSR count). The largest absolute Gasteiger partial charge is 0.308 e. The number of benzene rings is 1. The molecule has 1 aromatic carbocycles. The SMILES string of the molecule is Cn1ccc(NC(=O)CSCc2ccc(Cl)cc2)n1. The Morgan fingerprint density at radius 3 is 2.74 bits per heavy atom. The molecule has 0 atom stereocenters. The smallest absolute Gasteiger partial charge is 0.235 e. The second kappa shape index (κ2) is 6.63. The van der Waals surface area contributed by atoms with Crippen LogP contribution in [0.1, 0.15) is 5.56 Å². The third-order valence-electron chi connectivity index (χ3n) is 2.40. The van der Waals surface area contributed by atoms with Crippen LogP contribution in [0.3, 0.4) is 0 Å². The molecule has 0 aliphatic carbocycles. The van der Waals surface area contributed by atoms with E-state index >= 15 is 0 Å². The summed E-state index contributed by atoms with van der Waals surface area (Å²) in [5.41, 5.74) is 1.15. The molecule has 0 aliphatic rings. The van der Waals surface area contributed by atoms with E-state index in [9.17, 15) is 4.79 Å². The van der Waals surface area contributed by atoms with Crippen molar-refractivity contribution in [2.45, 2.75) is 5.75 Å². The first-order valence-corrected chi connectivity index (χ1v) is 7.28. The van der Waals surface area contributed by atoms with E-state index in [0.29, 0.717) is 11.6 Å². The van der Waals surface area contributed by atoms with Crippen LogP contribution >= 0.6 is 23.4 Å². The van der Waals surface area contributed by atoms with Gasteiger partial charge in [0.1, 0.15) is 0 Å². The summed E-state index contributed by atoms with van der Waals surface area (Å²) in [6.07, 6.45) is 1.79. The van der Waals surface area contributed by atoms with E-state index in [2.05, 4.69) is 10.4 Å². The van der Waals surface area contributed by atoms with E-state index in [1.807, 2.05) is 31.3 Å². The number of halogens is 1. The zero-order valence-corrected chi connectivity index (χ0v) is 12.0. The summed E-state index contributed by atoms with van der Waals surface area (Å²) < 4.78 is 1.65. The highest BCUT2D eigenvalue weighted by Gasteiger charge is 2.04. The lowest BCUT2D eigenvalue weighted by atomic mass is 10.2. The van der Waals surface area contributed by atoms with Crippen molar-refractivity contribution in [2.75, 3.05) is 11.1 Å². The molecule has 2 aromatic rings. The fourth-order valence-electron chi connectivity index (χ4n) is 1.50. The second-order valence-electron chi connectivity index (χ2n) is 4.04. The molecule has 1 heterocycles. The highest BCUT2D eigenvalue weighted by molar-refractivity contribution is 7.99. The Morgan fingerprint density at radius 1 is 1.37 bits per heavy atom. The molecule has 0 fully saturated rings. The maximum Gasteiger partial charge on any atom is 0.235 e. The van der Waals surface area contributed by atoms with E-state index in [1.54, 1.807) is 28.7 Å². The van der Waals surface area contributed by atoms with Gasteiger partial charge in [0.2, 0.25) is 5.91 Å². The van der Waals surface area contributed by atoms with Crippen molar-refractivity contribution in [3.05, 3.63) is 47.1 Å². The average molecular weight is 296 g/mol. The summed E-state index contributed by atoms with van der Waals surface area (Å²) >= 11 is 7.37. The van der Waals surface area contributed by atoms with Crippen LogP contribution in [0.25, 0.3) is 0 Å². The van der Waals surface area contributed by atoms with Gasteiger partial charge >= 0.3 is 0 Å². The Hall–Kier alpha value is -1.46. The summed E-state index contributed by atoms with van der Waals surface area (Å²) in [6, 6.07) is 9.40. The van der Waals surface area contributed by atoms with E-state index in [0.717, 1.165) is 16.3 Å². The number of rotatable bonds is 5. The van der Waals surface area contributed by atoms with E-state index in [4.69, 9.17) is 11.6 Å². The molecule has 0 saturated heterocycles. The molecule has 4 nitrogen and oxygen atoms in total. The number of anilines is 1. The Balaban J connectivity index is 1.73. The lowest BCUT2D eigenvalue weighted by Crippen LogP contribution is -2.14. The maximum atomic E-state index is 11.7. The molecule has 1 aromatic heterocycles. The zero-order valence-electron chi connectivity index (χ0n) is 10.5. The fraction of sp³-hybridized carbons (Fsp3) is 0.231. The first-order valence-electron chi connectivity index (χ1n) is 5.75. The van der Waals surface area contributed by atoms with Crippen LogP contribution in [0.5, 0.6) is 0 Å². The number of nitrogens with one attached hydrogen (secondary N) is 1. The van der Waals surface area contributed by atoms with Crippen LogP contribution < -0.4 is 5.32 Å². The van der Waals surface area contributed by atoms with E-state index in [-0.39, 0.29) is 5.91 Å². The second-order valence-corrected chi connectivity index (χ2v) is 5.46. The van der Waals surface area contributed by atoms with Gasteiger partial charge < -0.3 is 5.32 Å². The first-order chi connectivity index (χ1) is 9.13. The number of aryl methyl sites for hydroxylation is 1. The van der Waals surface area contributed by atoms with Gasteiger partial charge in [0.15, 0.2) is 5.82 Å². The molecule has 0 saturated carbocycles. The fourth-order valence-corrected chi connectivity index (χ4v) is 2.42. The number of hydrogen-bond acceptors (Lipinski definition) is 3. The van der Waals surface area contributed by atoms with Gasteiger partial charge in [0.05, 0.1) is 5.75 Å². The average Bonchev–Trinajstić information content (AvgIpc) is 2.77. The third kappa shape index (κ3) is 4.61. The van der Waals surface area contributed by atoms with Crippen LogP contribution in [0.15, 0.2) is 36.5 Å². The van der Waals surface area contributed by atoms with Gasteiger partial charge in [0, 0.05) is 30.1 Å². The molecular weight excluding hydrogens is 282 g/mol. The van der Waals surface area contributed by atoms with Crippen LogP contribution in [-0.4, -0.2) is 21.4 Å². The predicted molar refractivity (Wildman–Crippen MR) is 79.5 cm³/mol. The van der Waals surface area contributed by atoms with Crippen molar-refractivity contribution < 1.29 is 4.79 Å². The minimum Gasteiger partial charge on any atom is -0.308 e. The monoisotopic (exact) mass is 295 g/mol. The van der Waals surface area contributed by atoms with Crippen molar-refractivity contribution in [1.82, 2.24) is 9.78 Å². The van der Waals surface area contributed by atoms with E-state index in [1.165, 1.54) is 0 Å². The summed E-state index contributed by atoms with van der Waals surface area (Å²) in [5.74, 6) is 1.73. The quantitative estimate of drug-likeness (QED) is 0.922. The number of aromatic nitrogens is 2. The molecule has 0 bridgehead atoms. The Morgan fingerprint density at radius 2 is 2.11 bits per heavy atom. The number of hydrogen-bond donors (Lipinski definition) is 1.